The van der Waals surface area contributed by atoms with Crippen LogP contribution in [0.5, 0.6) is 5.75 Å². The number of hydrogen-bond donors (Lipinski definition) is 3. The summed E-state index contributed by atoms with van der Waals surface area (Å²) in [5.41, 5.74) is 3.21. The van der Waals surface area contributed by atoms with Crippen LogP contribution in [-0.4, -0.2) is 30.9 Å². The molecule has 3 N–H and O–H groups in total. The minimum Gasteiger partial charge on any atom is -0.497 e. The minimum atomic E-state index is -0.574. The van der Waals surface area contributed by atoms with Crippen molar-refractivity contribution in [2.24, 2.45) is 0 Å². The number of methoxy groups -OCH3 is 1. The third-order valence-corrected chi connectivity index (χ3v) is 4.35. The molecular weight excluding hydrogens is 304 g/mol. The molecule has 2 aromatic rings. The molecule has 5 nitrogen and oxygen atoms in total. The monoisotopic (exact) mass is 326 g/mol. The van der Waals surface area contributed by atoms with Gasteiger partial charge in [0.2, 0.25) is 0 Å². The molecule has 0 spiro atoms. The summed E-state index contributed by atoms with van der Waals surface area (Å²) in [5.74, 6) is 0.818. The second kappa shape index (κ2) is 7.36. The van der Waals surface area contributed by atoms with E-state index in [2.05, 4.69) is 10.6 Å². The largest absolute Gasteiger partial charge is 0.497 e. The van der Waals surface area contributed by atoms with Crippen molar-refractivity contribution >= 4 is 6.03 Å². The molecule has 0 saturated carbocycles. The normalized spacial score (nSPS) is 18.8. The van der Waals surface area contributed by atoms with E-state index in [0.717, 1.165) is 28.9 Å². The second-order valence-electron chi connectivity index (χ2n) is 5.95. The summed E-state index contributed by atoms with van der Waals surface area (Å²) in [6, 6.07) is 15.0. The lowest BCUT2D eigenvalue weighted by Crippen LogP contribution is -2.41. The minimum absolute atomic E-state index is 0.260. The lowest BCUT2D eigenvalue weighted by Gasteiger charge is -2.18. The van der Waals surface area contributed by atoms with Gasteiger partial charge in [0.15, 0.2) is 0 Å². The summed E-state index contributed by atoms with van der Waals surface area (Å²) < 4.78 is 5.12. The van der Waals surface area contributed by atoms with E-state index in [4.69, 9.17) is 4.74 Å². The third kappa shape index (κ3) is 3.68. The first-order valence-corrected chi connectivity index (χ1v) is 8.10. The molecule has 126 valence electrons. The lowest BCUT2D eigenvalue weighted by molar-refractivity contribution is 0.142. The summed E-state index contributed by atoms with van der Waals surface area (Å²) in [7, 11) is 1.64. The maximum absolute atomic E-state index is 12.1. The first-order valence-electron chi connectivity index (χ1n) is 8.10. The van der Waals surface area contributed by atoms with Gasteiger partial charge >= 0.3 is 6.03 Å². The van der Waals surface area contributed by atoms with Gasteiger partial charge in [0.05, 0.1) is 19.3 Å². The van der Waals surface area contributed by atoms with Gasteiger partial charge in [-0.15, -0.1) is 0 Å². The fraction of sp³-hybridized carbons (Fsp3) is 0.316. The van der Waals surface area contributed by atoms with Gasteiger partial charge in [-0.3, -0.25) is 0 Å². The van der Waals surface area contributed by atoms with E-state index in [1.807, 2.05) is 48.5 Å². The van der Waals surface area contributed by atoms with Crippen LogP contribution in [0.4, 0.5) is 4.79 Å². The zero-order chi connectivity index (χ0) is 16.9. The van der Waals surface area contributed by atoms with Gasteiger partial charge in [0, 0.05) is 13.0 Å². The highest BCUT2D eigenvalue weighted by molar-refractivity contribution is 5.74. The Hall–Kier alpha value is -2.53. The number of ether oxygens (including phenoxy) is 1. The Bertz CT molecular complexity index is 700. The molecule has 0 saturated heterocycles. The number of amides is 2. The number of aliphatic hydroxyl groups excluding tert-OH is 1. The molecule has 0 fully saturated rings. The predicted molar refractivity (Wildman–Crippen MR) is 92.1 cm³/mol. The van der Waals surface area contributed by atoms with Crippen LogP contribution in [0.2, 0.25) is 0 Å². The van der Waals surface area contributed by atoms with Crippen LogP contribution in [0.15, 0.2) is 48.5 Å². The average molecular weight is 326 g/mol. The van der Waals surface area contributed by atoms with Gasteiger partial charge in [-0.25, -0.2) is 4.79 Å². The molecule has 1 aliphatic carbocycles. The van der Waals surface area contributed by atoms with Crippen molar-refractivity contribution in [3.63, 3.8) is 0 Å². The number of carbonyl (C=O) groups is 1. The average Bonchev–Trinajstić information content (AvgIpc) is 2.91. The molecule has 0 aromatic heterocycles. The SMILES string of the molecule is COc1ccc(CCNC(=O)N[C@H]2c3ccccc3C[C@H]2O)cc1. The van der Waals surface area contributed by atoms with Gasteiger partial charge in [0.25, 0.3) is 0 Å². The summed E-state index contributed by atoms with van der Waals surface area (Å²) in [6.45, 7) is 0.530. The summed E-state index contributed by atoms with van der Waals surface area (Å²) in [6.07, 6.45) is 0.739. The summed E-state index contributed by atoms with van der Waals surface area (Å²) in [4.78, 5) is 12.1. The standard InChI is InChI=1S/C19H22N2O3/c1-24-15-8-6-13(7-9-15)10-11-20-19(23)21-18-16-5-3-2-4-14(16)12-17(18)22/h2-9,17-18,22H,10-12H2,1H3,(H2,20,21,23)/t17-,18+/m1/s1. The molecule has 1 aliphatic rings. The van der Waals surface area contributed by atoms with Gasteiger partial charge in [-0.1, -0.05) is 36.4 Å². The summed E-state index contributed by atoms with van der Waals surface area (Å²) >= 11 is 0. The fourth-order valence-electron chi connectivity index (χ4n) is 3.05. The molecule has 0 unspecified atom stereocenters. The quantitative estimate of drug-likeness (QED) is 0.789. The van der Waals surface area contributed by atoms with E-state index >= 15 is 0 Å². The van der Waals surface area contributed by atoms with Crippen molar-refractivity contribution in [3.05, 3.63) is 65.2 Å². The van der Waals surface area contributed by atoms with Crippen LogP contribution < -0.4 is 15.4 Å². The van der Waals surface area contributed by atoms with Gasteiger partial charge in [0.1, 0.15) is 5.75 Å². The Balaban J connectivity index is 1.49. The van der Waals surface area contributed by atoms with E-state index in [9.17, 15) is 9.90 Å². The first-order chi connectivity index (χ1) is 11.7. The van der Waals surface area contributed by atoms with Crippen molar-refractivity contribution in [2.75, 3.05) is 13.7 Å². The van der Waals surface area contributed by atoms with Crippen LogP contribution >= 0.6 is 0 Å². The second-order valence-corrected chi connectivity index (χ2v) is 5.95. The molecule has 0 bridgehead atoms. The highest BCUT2D eigenvalue weighted by atomic mass is 16.5. The Morgan fingerprint density at radius 1 is 1.21 bits per heavy atom. The highest BCUT2D eigenvalue weighted by Crippen LogP contribution is 2.30. The maximum Gasteiger partial charge on any atom is 0.315 e. The number of hydrogen-bond acceptors (Lipinski definition) is 3. The predicted octanol–water partition coefficient (Wildman–Crippen LogP) is 2.20. The number of urea groups is 1. The van der Waals surface area contributed by atoms with E-state index in [0.29, 0.717) is 13.0 Å². The highest BCUT2D eigenvalue weighted by Gasteiger charge is 2.31. The van der Waals surface area contributed by atoms with E-state index in [1.165, 1.54) is 0 Å². The van der Waals surface area contributed by atoms with E-state index in [-0.39, 0.29) is 12.1 Å². The van der Waals surface area contributed by atoms with Crippen LogP contribution in [0.3, 0.4) is 0 Å². The molecule has 3 rings (SSSR count). The first kappa shape index (κ1) is 16.3. The van der Waals surface area contributed by atoms with Crippen LogP contribution in [-0.2, 0) is 12.8 Å². The molecule has 2 atom stereocenters. The van der Waals surface area contributed by atoms with Crippen LogP contribution in [0, 0.1) is 0 Å². The van der Waals surface area contributed by atoms with Gasteiger partial charge < -0.3 is 20.5 Å². The zero-order valence-corrected chi connectivity index (χ0v) is 13.7. The zero-order valence-electron chi connectivity index (χ0n) is 13.7. The summed E-state index contributed by atoms with van der Waals surface area (Å²) in [5, 5.41) is 15.9. The number of benzene rings is 2. The smallest absolute Gasteiger partial charge is 0.315 e. The molecule has 2 aromatic carbocycles. The van der Waals surface area contributed by atoms with Crippen LogP contribution in [0.25, 0.3) is 0 Å². The van der Waals surface area contributed by atoms with Crippen molar-refractivity contribution in [3.8, 4) is 5.75 Å². The van der Waals surface area contributed by atoms with E-state index in [1.54, 1.807) is 7.11 Å². The number of fused-ring (bicyclic) bond motifs is 1. The molecule has 24 heavy (non-hydrogen) atoms. The molecule has 0 radical (unpaired) electrons. The maximum atomic E-state index is 12.1. The van der Waals surface area contributed by atoms with Crippen molar-refractivity contribution in [1.29, 1.82) is 0 Å². The number of carbonyl (C=O) groups excluding carboxylic acids is 1. The number of aliphatic hydroxyl groups is 1. The Morgan fingerprint density at radius 3 is 2.71 bits per heavy atom. The van der Waals surface area contributed by atoms with E-state index < -0.39 is 6.10 Å². The number of nitrogens with one attached hydrogen (secondary N) is 2. The Labute approximate surface area is 141 Å². The van der Waals surface area contributed by atoms with Gasteiger partial charge in [-0.05, 0) is 35.2 Å². The lowest BCUT2D eigenvalue weighted by atomic mass is 10.1. The Kier molecular flexibility index (Phi) is 5.01. The van der Waals surface area contributed by atoms with Gasteiger partial charge in [-0.2, -0.15) is 0 Å². The van der Waals surface area contributed by atoms with Crippen molar-refractivity contribution in [2.45, 2.75) is 25.0 Å². The van der Waals surface area contributed by atoms with Crippen molar-refractivity contribution in [1.82, 2.24) is 10.6 Å². The molecule has 2 amide bonds. The molecule has 5 heteroatoms. The van der Waals surface area contributed by atoms with Crippen LogP contribution in [0.1, 0.15) is 22.7 Å². The topological polar surface area (TPSA) is 70.6 Å². The number of rotatable bonds is 5. The molecular formula is C19H22N2O3. The fourth-order valence-corrected chi connectivity index (χ4v) is 3.05. The third-order valence-electron chi connectivity index (χ3n) is 4.35. The van der Waals surface area contributed by atoms with Crippen molar-refractivity contribution < 1.29 is 14.6 Å². The molecule has 0 aliphatic heterocycles. The molecule has 0 heterocycles. The Morgan fingerprint density at radius 2 is 1.96 bits per heavy atom.